The standard InChI is InChI=1S/C20H25N5O3/c1-13-2-4-14(5-3-13)15-12-16(27)21-18-17(15)19(28)23-20(22-18)25-8-6-24(7-9-25)10-11-26/h2-5,15,26H,6-12H2,1H3,(H2,21,22,23,27,28). The van der Waals surface area contributed by atoms with Crippen molar-refractivity contribution in [3.05, 3.63) is 51.3 Å². The number of aliphatic hydroxyl groups is 1. The van der Waals surface area contributed by atoms with Gasteiger partial charge in [-0.3, -0.25) is 19.5 Å². The van der Waals surface area contributed by atoms with Gasteiger partial charge < -0.3 is 15.3 Å². The Morgan fingerprint density at radius 2 is 1.86 bits per heavy atom. The number of rotatable bonds is 4. The van der Waals surface area contributed by atoms with Crippen molar-refractivity contribution in [2.24, 2.45) is 0 Å². The van der Waals surface area contributed by atoms with Crippen LogP contribution in [-0.2, 0) is 4.79 Å². The lowest BCUT2D eigenvalue weighted by Crippen LogP contribution is -2.48. The summed E-state index contributed by atoms with van der Waals surface area (Å²) in [6, 6.07) is 7.92. The predicted molar refractivity (Wildman–Crippen MR) is 107 cm³/mol. The zero-order valence-electron chi connectivity index (χ0n) is 15.9. The molecule has 4 rings (SSSR count). The van der Waals surface area contributed by atoms with Gasteiger partial charge in [-0.15, -0.1) is 0 Å². The molecule has 8 heteroatoms. The van der Waals surface area contributed by atoms with Crippen molar-refractivity contribution in [3.8, 4) is 0 Å². The first-order valence-electron chi connectivity index (χ1n) is 9.64. The molecule has 1 atom stereocenters. The van der Waals surface area contributed by atoms with Gasteiger partial charge in [-0.1, -0.05) is 29.8 Å². The monoisotopic (exact) mass is 383 g/mol. The molecule has 2 aliphatic rings. The van der Waals surface area contributed by atoms with E-state index in [-0.39, 0.29) is 30.4 Å². The molecule has 1 aromatic heterocycles. The van der Waals surface area contributed by atoms with Crippen molar-refractivity contribution in [2.75, 3.05) is 49.5 Å². The number of aryl methyl sites for hydroxylation is 1. The number of nitrogens with one attached hydrogen (secondary N) is 2. The quantitative estimate of drug-likeness (QED) is 0.717. The smallest absolute Gasteiger partial charge is 0.258 e. The summed E-state index contributed by atoms with van der Waals surface area (Å²) in [4.78, 5) is 36.9. The van der Waals surface area contributed by atoms with Crippen LogP contribution in [0.15, 0.2) is 29.1 Å². The van der Waals surface area contributed by atoms with Crippen LogP contribution in [0.25, 0.3) is 0 Å². The number of fused-ring (bicyclic) bond motifs is 1. The Labute approximate surface area is 163 Å². The minimum absolute atomic E-state index is 0.130. The summed E-state index contributed by atoms with van der Waals surface area (Å²) < 4.78 is 0. The van der Waals surface area contributed by atoms with Crippen LogP contribution < -0.4 is 15.8 Å². The van der Waals surface area contributed by atoms with E-state index in [1.165, 1.54) is 0 Å². The van der Waals surface area contributed by atoms with Crippen LogP contribution in [0.4, 0.5) is 11.8 Å². The fourth-order valence-corrected chi connectivity index (χ4v) is 3.92. The van der Waals surface area contributed by atoms with Crippen LogP contribution in [0.3, 0.4) is 0 Å². The van der Waals surface area contributed by atoms with Crippen molar-refractivity contribution < 1.29 is 9.90 Å². The number of aliphatic hydroxyl groups excluding tert-OH is 1. The molecule has 1 fully saturated rings. The lowest BCUT2D eigenvalue weighted by molar-refractivity contribution is -0.116. The van der Waals surface area contributed by atoms with Crippen LogP contribution in [0, 0.1) is 6.92 Å². The maximum atomic E-state index is 12.9. The molecule has 1 amide bonds. The number of piperazine rings is 1. The van der Waals surface area contributed by atoms with Gasteiger partial charge in [0.05, 0.1) is 12.2 Å². The van der Waals surface area contributed by atoms with Crippen molar-refractivity contribution in [3.63, 3.8) is 0 Å². The number of nitrogens with zero attached hydrogens (tertiary/aromatic N) is 3. The number of amides is 1. The molecule has 2 aromatic rings. The number of aromatic nitrogens is 2. The van der Waals surface area contributed by atoms with Crippen LogP contribution in [0.2, 0.25) is 0 Å². The number of anilines is 2. The van der Waals surface area contributed by atoms with Gasteiger partial charge in [0.2, 0.25) is 11.9 Å². The van der Waals surface area contributed by atoms with Crippen molar-refractivity contribution in [2.45, 2.75) is 19.3 Å². The highest BCUT2D eigenvalue weighted by molar-refractivity contribution is 5.94. The molecule has 1 unspecified atom stereocenters. The molecule has 0 aliphatic carbocycles. The number of H-pyrrole nitrogens is 1. The fraction of sp³-hybridized carbons (Fsp3) is 0.450. The SMILES string of the molecule is Cc1ccc(C2CC(=O)Nc3nc(N4CCN(CCO)CC4)[nH]c(=O)c32)cc1. The lowest BCUT2D eigenvalue weighted by Gasteiger charge is -2.35. The molecule has 1 saturated heterocycles. The van der Waals surface area contributed by atoms with E-state index in [1.54, 1.807) is 0 Å². The molecule has 3 heterocycles. The van der Waals surface area contributed by atoms with Crippen molar-refractivity contribution >= 4 is 17.7 Å². The molecule has 3 N–H and O–H groups in total. The summed E-state index contributed by atoms with van der Waals surface area (Å²) in [5.41, 5.74) is 2.39. The van der Waals surface area contributed by atoms with Crippen molar-refractivity contribution in [1.82, 2.24) is 14.9 Å². The van der Waals surface area contributed by atoms with Crippen LogP contribution >= 0.6 is 0 Å². The first kappa shape index (κ1) is 18.6. The van der Waals surface area contributed by atoms with Gasteiger partial charge in [0.15, 0.2) is 0 Å². The number of β-amino-alcohol motifs (C(OH)–C–C–N with tert-alkyl or cyclic N) is 1. The van der Waals surface area contributed by atoms with E-state index in [1.807, 2.05) is 36.1 Å². The van der Waals surface area contributed by atoms with E-state index in [2.05, 4.69) is 20.2 Å². The van der Waals surface area contributed by atoms with Gasteiger partial charge in [0.25, 0.3) is 5.56 Å². The number of hydrogen-bond acceptors (Lipinski definition) is 6. The number of carbonyl (C=O) groups is 1. The summed E-state index contributed by atoms with van der Waals surface area (Å²) in [7, 11) is 0. The molecule has 148 valence electrons. The lowest BCUT2D eigenvalue weighted by atomic mass is 9.86. The maximum Gasteiger partial charge on any atom is 0.258 e. The third-order valence-electron chi connectivity index (χ3n) is 5.51. The Kier molecular flexibility index (Phi) is 5.15. The maximum absolute atomic E-state index is 12.9. The Morgan fingerprint density at radius 1 is 1.14 bits per heavy atom. The number of carbonyl (C=O) groups excluding carboxylic acids is 1. The fourth-order valence-electron chi connectivity index (χ4n) is 3.92. The Morgan fingerprint density at radius 3 is 2.54 bits per heavy atom. The van der Waals surface area contributed by atoms with E-state index < -0.39 is 0 Å². The highest BCUT2D eigenvalue weighted by atomic mass is 16.3. The van der Waals surface area contributed by atoms with Gasteiger partial charge in [-0.05, 0) is 12.5 Å². The molecular formula is C20H25N5O3. The highest BCUT2D eigenvalue weighted by Crippen LogP contribution is 2.34. The van der Waals surface area contributed by atoms with E-state index in [0.717, 1.165) is 24.2 Å². The third-order valence-corrected chi connectivity index (χ3v) is 5.51. The second kappa shape index (κ2) is 7.73. The highest BCUT2D eigenvalue weighted by Gasteiger charge is 2.31. The molecule has 8 nitrogen and oxygen atoms in total. The first-order chi connectivity index (χ1) is 13.5. The normalized spacial score (nSPS) is 20.0. The van der Waals surface area contributed by atoms with Crippen LogP contribution in [0.5, 0.6) is 0 Å². The van der Waals surface area contributed by atoms with Crippen LogP contribution in [-0.4, -0.2) is 65.2 Å². The van der Waals surface area contributed by atoms with Gasteiger partial charge >= 0.3 is 0 Å². The van der Waals surface area contributed by atoms with Gasteiger partial charge in [0, 0.05) is 45.1 Å². The zero-order valence-corrected chi connectivity index (χ0v) is 15.9. The summed E-state index contributed by atoms with van der Waals surface area (Å²) in [6.45, 7) is 5.79. The number of hydrogen-bond donors (Lipinski definition) is 3. The summed E-state index contributed by atoms with van der Waals surface area (Å²) in [6.07, 6.45) is 0.236. The molecule has 0 bridgehead atoms. The Bertz CT molecular complexity index is 916. The van der Waals surface area contributed by atoms with E-state index in [0.29, 0.717) is 37.0 Å². The molecule has 28 heavy (non-hydrogen) atoms. The van der Waals surface area contributed by atoms with E-state index >= 15 is 0 Å². The number of benzene rings is 1. The van der Waals surface area contributed by atoms with Crippen molar-refractivity contribution in [1.29, 1.82) is 0 Å². The average Bonchev–Trinajstić information content (AvgIpc) is 2.68. The Hall–Kier alpha value is -2.71. The Balaban J connectivity index is 1.64. The largest absolute Gasteiger partial charge is 0.395 e. The second-order valence-corrected chi connectivity index (χ2v) is 7.42. The summed E-state index contributed by atoms with van der Waals surface area (Å²) >= 11 is 0. The summed E-state index contributed by atoms with van der Waals surface area (Å²) in [5, 5.41) is 11.9. The topological polar surface area (TPSA) is 102 Å². The first-order valence-corrected chi connectivity index (χ1v) is 9.64. The molecule has 0 radical (unpaired) electrons. The summed E-state index contributed by atoms with van der Waals surface area (Å²) in [5.74, 6) is 0.418. The molecule has 2 aliphatic heterocycles. The van der Waals surface area contributed by atoms with Gasteiger partial charge in [-0.2, -0.15) is 4.98 Å². The molecule has 0 spiro atoms. The number of aromatic amines is 1. The average molecular weight is 383 g/mol. The zero-order chi connectivity index (χ0) is 19.7. The van der Waals surface area contributed by atoms with E-state index in [4.69, 9.17) is 5.11 Å². The molecular weight excluding hydrogens is 358 g/mol. The van der Waals surface area contributed by atoms with Gasteiger partial charge in [-0.25, -0.2) is 0 Å². The van der Waals surface area contributed by atoms with Crippen LogP contribution in [0.1, 0.15) is 29.0 Å². The molecule has 1 aromatic carbocycles. The van der Waals surface area contributed by atoms with E-state index in [9.17, 15) is 9.59 Å². The molecule has 0 saturated carbocycles. The minimum atomic E-state index is -0.295. The predicted octanol–water partition coefficient (Wildman–Crippen LogP) is 0.667. The second-order valence-electron chi connectivity index (χ2n) is 7.42. The van der Waals surface area contributed by atoms with Gasteiger partial charge in [0.1, 0.15) is 5.82 Å². The minimum Gasteiger partial charge on any atom is -0.395 e. The third kappa shape index (κ3) is 3.65.